The molecule has 1 amide bonds. The van der Waals surface area contributed by atoms with Crippen LogP contribution in [0.1, 0.15) is 48.0 Å². The van der Waals surface area contributed by atoms with Gasteiger partial charge in [-0.1, -0.05) is 22.4 Å². The van der Waals surface area contributed by atoms with Gasteiger partial charge in [-0.25, -0.2) is 0 Å². The van der Waals surface area contributed by atoms with E-state index in [0.29, 0.717) is 12.8 Å². The number of rotatable bonds is 6. The zero-order valence-corrected chi connectivity index (χ0v) is 12.5. The molecule has 19 heavy (non-hydrogen) atoms. The fraction of sp³-hybridized carbons (Fsp3) is 0.467. The van der Waals surface area contributed by atoms with Crippen molar-refractivity contribution in [2.75, 3.05) is 10.6 Å². The number of amides is 1. The zero-order valence-electron chi connectivity index (χ0n) is 10.9. The Labute approximate surface area is 121 Å². The van der Waals surface area contributed by atoms with Crippen molar-refractivity contribution in [1.29, 1.82) is 0 Å². The number of anilines is 1. The highest BCUT2D eigenvalue weighted by molar-refractivity contribution is 9.09. The third-order valence-electron chi connectivity index (χ3n) is 3.36. The molecule has 0 aromatic heterocycles. The number of halogens is 1. The molecule has 1 N–H and O–H groups in total. The van der Waals surface area contributed by atoms with Crippen molar-refractivity contribution in [3.63, 3.8) is 0 Å². The summed E-state index contributed by atoms with van der Waals surface area (Å²) in [7, 11) is 0. The second-order valence-corrected chi connectivity index (χ2v) is 5.64. The summed E-state index contributed by atoms with van der Waals surface area (Å²) in [5.41, 5.74) is 2.70. The maximum Gasteiger partial charge on any atom is 0.224 e. The minimum atomic E-state index is 0.0568. The Bertz CT molecular complexity index is 485. The SMILES string of the molecule is O=C1CCc2cc(C(=O)CCCCCBr)ccc2N1. The molecule has 4 heteroatoms. The van der Waals surface area contributed by atoms with E-state index in [4.69, 9.17) is 0 Å². The van der Waals surface area contributed by atoms with Crippen molar-refractivity contribution in [3.05, 3.63) is 29.3 Å². The zero-order chi connectivity index (χ0) is 13.7. The number of aryl methyl sites for hydroxylation is 1. The number of hydrogen-bond donors (Lipinski definition) is 1. The van der Waals surface area contributed by atoms with Gasteiger partial charge in [-0.3, -0.25) is 9.59 Å². The largest absolute Gasteiger partial charge is 0.326 e. The van der Waals surface area contributed by atoms with Gasteiger partial charge in [-0.15, -0.1) is 0 Å². The second-order valence-electron chi connectivity index (χ2n) is 4.84. The Morgan fingerprint density at radius 2 is 2.05 bits per heavy atom. The van der Waals surface area contributed by atoms with Gasteiger partial charge in [0.05, 0.1) is 0 Å². The number of carbonyl (C=O) groups is 2. The van der Waals surface area contributed by atoms with Gasteiger partial charge in [0.1, 0.15) is 0 Å². The van der Waals surface area contributed by atoms with Crippen LogP contribution in [0.3, 0.4) is 0 Å². The Morgan fingerprint density at radius 3 is 2.84 bits per heavy atom. The van der Waals surface area contributed by atoms with E-state index in [-0.39, 0.29) is 11.7 Å². The molecule has 0 saturated carbocycles. The fourth-order valence-corrected chi connectivity index (χ4v) is 2.65. The minimum absolute atomic E-state index is 0.0568. The normalized spacial score (nSPS) is 13.8. The van der Waals surface area contributed by atoms with Crippen LogP contribution in [-0.4, -0.2) is 17.0 Å². The number of alkyl halides is 1. The van der Waals surface area contributed by atoms with Crippen molar-refractivity contribution >= 4 is 33.3 Å². The quantitative estimate of drug-likeness (QED) is 0.493. The van der Waals surface area contributed by atoms with E-state index in [1.165, 1.54) is 0 Å². The first-order valence-electron chi connectivity index (χ1n) is 6.72. The molecule has 0 aliphatic carbocycles. The summed E-state index contributed by atoms with van der Waals surface area (Å²) < 4.78 is 0. The number of hydrogen-bond acceptors (Lipinski definition) is 2. The highest BCUT2D eigenvalue weighted by atomic mass is 79.9. The molecule has 0 radical (unpaired) electrons. The lowest BCUT2D eigenvalue weighted by Gasteiger charge is -2.17. The molecule has 1 aliphatic heterocycles. The van der Waals surface area contributed by atoms with Crippen LogP contribution in [0.2, 0.25) is 0 Å². The number of benzene rings is 1. The monoisotopic (exact) mass is 323 g/mol. The maximum absolute atomic E-state index is 12.1. The molecule has 0 fully saturated rings. The topological polar surface area (TPSA) is 46.2 Å². The Hall–Kier alpha value is -1.16. The molecular weight excluding hydrogens is 306 g/mol. The molecule has 102 valence electrons. The molecule has 1 aromatic rings. The lowest BCUT2D eigenvalue weighted by molar-refractivity contribution is -0.116. The molecule has 1 heterocycles. The van der Waals surface area contributed by atoms with E-state index >= 15 is 0 Å². The van der Waals surface area contributed by atoms with Crippen LogP contribution >= 0.6 is 15.9 Å². The predicted octanol–water partition coefficient (Wildman–Crippen LogP) is 3.71. The van der Waals surface area contributed by atoms with E-state index < -0.39 is 0 Å². The van der Waals surface area contributed by atoms with E-state index in [2.05, 4.69) is 21.2 Å². The molecule has 0 bridgehead atoms. The molecule has 3 nitrogen and oxygen atoms in total. The van der Waals surface area contributed by atoms with Gasteiger partial charge in [-0.05, 0) is 43.0 Å². The standard InChI is InChI=1S/C15H18BrNO2/c16-9-3-1-2-4-14(18)12-5-7-13-11(10-12)6-8-15(19)17-13/h5,7,10H,1-4,6,8-9H2,(H,17,19). The number of unbranched alkanes of at least 4 members (excludes halogenated alkanes) is 2. The third-order valence-corrected chi connectivity index (χ3v) is 3.92. The average molecular weight is 324 g/mol. The molecule has 2 rings (SSSR count). The molecule has 0 atom stereocenters. The smallest absolute Gasteiger partial charge is 0.224 e. The van der Waals surface area contributed by atoms with Gasteiger partial charge in [0, 0.05) is 29.4 Å². The van der Waals surface area contributed by atoms with Crippen molar-refractivity contribution in [2.24, 2.45) is 0 Å². The third kappa shape index (κ3) is 3.90. The average Bonchev–Trinajstić information content (AvgIpc) is 2.42. The Morgan fingerprint density at radius 1 is 1.21 bits per heavy atom. The Kier molecular flexibility index (Phi) is 5.14. The van der Waals surface area contributed by atoms with E-state index in [1.54, 1.807) is 0 Å². The fourth-order valence-electron chi connectivity index (χ4n) is 2.26. The first kappa shape index (κ1) is 14.3. The molecular formula is C15H18BrNO2. The van der Waals surface area contributed by atoms with Gasteiger partial charge in [0.2, 0.25) is 5.91 Å². The number of nitrogens with one attached hydrogen (secondary N) is 1. The predicted molar refractivity (Wildman–Crippen MR) is 80.0 cm³/mol. The van der Waals surface area contributed by atoms with Crippen molar-refractivity contribution in [3.8, 4) is 0 Å². The molecule has 0 saturated heterocycles. The van der Waals surface area contributed by atoms with Crippen LogP contribution in [0.4, 0.5) is 5.69 Å². The summed E-state index contributed by atoms with van der Waals surface area (Å²) in [5, 5.41) is 3.83. The first-order valence-corrected chi connectivity index (χ1v) is 7.85. The van der Waals surface area contributed by atoms with Gasteiger partial charge < -0.3 is 5.32 Å². The summed E-state index contributed by atoms with van der Waals surface area (Å²) in [4.78, 5) is 23.3. The highest BCUT2D eigenvalue weighted by Crippen LogP contribution is 2.24. The van der Waals surface area contributed by atoms with Crippen LogP contribution in [0.25, 0.3) is 0 Å². The van der Waals surface area contributed by atoms with Gasteiger partial charge in [-0.2, -0.15) is 0 Å². The molecule has 1 aromatic carbocycles. The molecule has 1 aliphatic rings. The summed E-state index contributed by atoms with van der Waals surface area (Å²) in [6, 6.07) is 5.59. The minimum Gasteiger partial charge on any atom is -0.326 e. The number of fused-ring (bicyclic) bond motifs is 1. The van der Waals surface area contributed by atoms with Crippen LogP contribution in [-0.2, 0) is 11.2 Å². The molecule has 0 unspecified atom stereocenters. The highest BCUT2D eigenvalue weighted by Gasteiger charge is 2.16. The lowest BCUT2D eigenvalue weighted by Crippen LogP contribution is -2.19. The summed E-state index contributed by atoms with van der Waals surface area (Å²) in [6.45, 7) is 0. The lowest BCUT2D eigenvalue weighted by atomic mass is 9.97. The van der Waals surface area contributed by atoms with Crippen molar-refractivity contribution in [1.82, 2.24) is 0 Å². The van der Waals surface area contributed by atoms with Crippen LogP contribution in [0.5, 0.6) is 0 Å². The van der Waals surface area contributed by atoms with E-state index in [1.807, 2.05) is 18.2 Å². The van der Waals surface area contributed by atoms with Crippen LogP contribution in [0.15, 0.2) is 18.2 Å². The van der Waals surface area contributed by atoms with E-state index in [9.17, 15) is 9.59 Å². The summed E-state index contributed by atoms with van der Waals surface area (Å²) in [5.74, 6) is 0.260. The number of carbonyl (C=O) groups excluding carboxylic acids is 2. The van der Waals surface area contributed by atoms with Crippen LogP contribution < -0.4 is 5.32 Å². The number of Topliss-reactive ketones (excluding diaryl/α,β-unsaturated/α-hetero) is 1. The maximum atomic E-state index is 12.1. The summed E-state index contributed by atoms with van der Waals surface area (Å²) >= 11 is 3.39. The van der Waals surface area contributed by atoms with Gasteiger partial charge >= 0.3 is 0 Å². The summed E-state index contributed by atoms with van der Waals surface area (Å²) in [6.07, 6.45) is 4.99. The number of ketones is 1. The Balaban J connectivity index is 1.97. The van der Waals surface area contributed by atoms with Gasteiger partial charge in [0.15, 0.2) is 5.78 Å². The van der Waals surface area contributed by atoms with E-state index in [0.717, 1.165) is 47.8 Å². The van der Waals surface area contributed by atoms with Crippen molar-refractivity contribution in [2.45, 2.75) is 38.5 Å². The van der Waals surface area contributed by atoms with Crippen molar-refractivity contribution < 1.29 is 9.59 Å². The first-order chi connectivity index (χ1) is 9.20. The van der Waals surface area contributed by atoms with Crippen LogP contribution in [0, 0.1) is 0 Å². The molecule has 0 spiro atoms. The van der Waals surface area contributed by atoms with Gasteiger partial charge in [0.25, 0.3) is 0 Å². The second kappa shape index (κ2) is 6.85.